The normalized spacial score (nSPS) is 9.27. The number of carbonyl (C=O) groups is 1. The Morgan fingerprint density at radius 3 is 2.55 bits per heavy atom. The van der Waals surface area contributed by atoms with E-state index < -0.39 is 0 Å². The highest BCUT2D eigenvalue weighted by Crippen LogP contribution is 1.99. The van der Waals surface area contributed by atoms with E-state index in [2.05, 4.69) is 17.4 Å². The molecule has 0 rings (SSSR count). The molecule has 0 spiro atoms. The van der Waals surface area contributed by atoms with Crippen LogP contribution in [0.3, 0.4) is 0 Å². The average Bonchev–Trinajstić information content (AvgIpc) is 2.00. The van der Waals surface area contributed by atoms with Crippen LogP contribution in [0.5, 0.6) is 0 Å². The Morgan fingerprint density at radius 1 is 1.45 bits per heavy atom. The molecule has 0 saturated heterocycles. The quantitative estimate of drug-likeness (QED) is 0.460. The van der Waals surface area contributed by atoms with Gasteiger partial charge in [-0.3, -0.25) is 10.2 Å². The molecule has 64 valence electrons. The van der Waals surface area contributed by atoms with Crippen LogP contribution >= 0.6 is 0 Å². The number of hydrogen-bond acceptors (Lipinski definition) is 2. The topological polar surface area (TPSA) is 41.1 Å². The van der Waals surface area contributed by atoms with Crippen molar-refractivity contribution >= 4 is 5.91 Å². The van der Waals surface area contributed by atoms with Gasteiger partial charge in [-0.15, -0.1) is 0 Å². The number of amides is 1. The second kappa shape index (κ2) is 5.92. The van der Waals surface area contributed by atoms with E-state index in [1.165, 1.54) is 0 Å². The minimum atomic E-state index is -0.103. The number of nitrogens with one attached hydrogen (secondary N) is 2. The molecule has 0 saturated carbocycles. The SMILES string of the molecule is C=C(CCC)C(=O)NNCC. The molecule has 0 aromatic carbocycles. The molecule has 3 heteroatoms. The summed E-state index contributed by atoms with van der Waals surface area (Å²) >= 11 is 0. The smallest absolute Gasteiger partial charge is 0.260 e. The monoisotopic (exact) mass is 156 g/mol. The van der Waals surface area contributed by atoms with Gasteiger partial charge < -0.3 is 0 Å². The van der Waals surface area contributed by atoms with Crippen LogP contribution in [0.1, 0.15) is 26.7 Å². The van der Waals surface area contributed by atoms with Gasteiger partial charge in [-0.25, -0.2) is 5.43 Å². The van der Waals surface area contributed by atoms with Crippen molar-refractivity contribution in [2.24, 2.45) is 0 Å². The first kappa shape index (κ1) is 10.2. The molecule has 3 nitrogen and oxygen atoms in total. The summed E-state index contributed by atoms with van der Waals surface area (Å²) in [5.74, 6) is -0.103. The zero-order valence-electron chi connectivity index (χ0n) is 7.24. The van der Waals surface area contributed by atoms with Crippen molar-refractivity contribution in [3.05, 3.63) is 12.2 Å². The standard InChI is InChI=1S/C8H16N2O/c1-4-6-7(3)8(11)10-9-5-2/h9H,3-6H2,1-2H3,(H,10,11). The molecule has 0 aliphatic heterocycles. The highest BCUT2D eigenvalue weighted by Gasteiger charge is 2.02. The van der Waals surface area contributed by atoms with Gasteiger partial charge in [0, 0.05) is 12.1 Å². The lowest BCUT2D eigenvalue weighted by Gasteiger charge is -2.05. The highest BCUT2D eigenvalue weighted by molar-refractivity contribution is 5.92. The number of carbonyl (C=O) groups excluding carboxylic acids is 1. The molecule has 0 aliphatic carbocycles. The molecule has 0 unspecified atom stereocenters. The van der Waals surface area contributed by atoms with Crippen molar-refractivity contribution in [1.82, 2.24) is 10.9 Å². The zero-order valence-corrected chi connectivity index (χ0v) is 7.24. The maximum atomic E-state index is 11.0. The van der Waals surface area contributed by atoms with Crippen LogP contribution in [-0.2, 0) is 4.79 Å². The van der Waals surface area contributed by atoms with Crippen LogP contribution in [0.4, 0.5) is 0 Å². The van der Waals surface area contributed by atoms with E-state index in [4.69, 9.17) is 0 Å². The summed E-state index contributed by atoms with van der Waals surface area (Å²) in [6.45, 7) is 8.31. The maximum absolute atomic E-state index is 11.0. The molecule has 2 N–H and O–H groups in total. The zero-order chi connectivity index (χ0) is 8.69. The Balaban J connectivity index is 3.56. The lowest BCUT2D eigenvalue weighted by Crippen LogP contribution is -2.37. The molecule has 0 aliphatic rings. The molecule has 0 atom stereocenters. The molecule has 0 aromatic rings. The summed E-state index contributed by atoms with van der Waals surface area (Å²) in [5, 5.41) is 0. The molecule has 0 fully saturated rings. The molecular weight excluding hydrogens is 140 g/mol. The maximum Gasteiger partial charge on any atom is 0.260 e. The Labute approximate surface area is 67.8 Å². The molecule has 11 heavy (non-hydrogen) atoms. The first-order valence-electron chi connectivity index (χ1n) is 3.93. The molecule has 1 amide bonds. The van der Waals surface area contributed by atoms with Crippen molar-refractivity contribution in [2.75, 3.05) is 6.54 Å². The van der Waals surface area contributed by atoms with Crippen LogP contribution in [0, 0.1) is 0 Å². The van der Waals surface area contributed by atoms with Crippen molar-refractivity contribution in [3.63, 3.8) is 0 Å². The Bertz CT molecular complexity index is 143. The first-order valence-corrected chi connectivity index (χ1v) is 3.93. The van der Waals surface area contributed by atoms with Gasteiger partial charge in [0.15, 0.2) is 0 Å². The van der Waals surface area contributed by atoms with Crippen molar-refractivity contribution in [1.29, 1.82) is 0 Å². The van der Waals surface area contributed by atoms with Gasteiger partial charge >= 0.3 is 0 Å². The molecular formula is C8H16N2O. The Morgan fingerprint density at radius 2 is 2.09 bits per heavy atom. The van der Waals surface area contributed by atoms with E-state index in [-0.39, 0.29) is 5.91 Å². The minimum absolute atomic E-state index is 0.103. The largest absolute Gasteiger partial charge is 0.288 e. The van der Waals surface area contributed by atoms with E-state index in [9.17, 15) is 4.79 Å². The summed E-state index contributed by atoms with van der Waals surface area (Å²) in [4.78, 5) is 11.0. The second-order valence-electron chi connectivity index (χ2n) is 2.34. The third-order valence-electron chi connectivity index (χ3n) is 1.25. The predicted molar refractivity (Wildman–Crippen MR) is 45.9 cm³/mol. The van der Waals surface area contributed by atoms with Gasteiger partial charge in [0.05, 0.1) is 0 Å². The fraction of sp³-hybridized carbons (Fsp3) is 0.625. The average molecular weight is 156 g/mol. The van der Waals surface area contributed by atoms with Crippen LogP contribution in [-0.4, -0.2) is 12.5 Å². The third-order valence-corrected chi connectivity index (χ3v) is 1.25. The molecule has 0 bridgehead atoms. The number of rotatable bonds is 5. The van der Waals surface area contributed by atoms with E-state index >= 15 is 0 Å². The summed E-state index contributed by atoms with van der Waals surface area (Å²) in [6, 6.07) is 0. The third kappa shape index (κ3) is 4.56. The molecule has 0 heterocycles. The van der Waals surface area contributed by atoms with E-state index in [1.807, 2.05) is 13.8 Å². The molecule has 0 aromatic heterocycles. The summed E-state index contributed by atoms with van der Waals surface area (Å²) in [5.41, 5.74) is 5.89. The Hall–Kier alpha value is -0.830. The Kier molecular flexibility index (Phi) is 5.47. The van der Waals surface area contributed by atoms with Crippen molar-refractivity contribution in [2.45, 2.75) is 26.7 Å². The van der Waals surface area contributed by atoms with Gasteiger partial charge in [-0.1, -0.05) is 26.8 Å². The van der Waals surface area contributed by atoms with Gasteiger partial charge in [-0.2, -0.15) is 0 Å². The van der Waals surface area contributed by atoms with Crippen LogP contribution < -0.4 is 10.9 Å². The summed E-state index contributed by atoms with van der Waals surface area (Å²) in [6.07, 6.45) is 1.72. The van der Waals surface area contributed by atoms with Gasteiger partial charge in [-0.05, 0) is 6.42 Å². The van der Waals surface area contributed by atoms with Crippen LogP contribution in [0.2, 0.25) is 0 Å². The summed E-state index contributed by atoms with van der Waals surface area (Å²) in [7, 11) is 0. The fourth-order valence-corrected chi connectivity index (χ4v) is 0.672. The van der Waals surface area contributed by atoms with Crippen molar-refractivity contribution in [3.8, 4) is 0 Å². The van der Waals surface area contributed by atoms with Gasteiger partial charge in [0.1, 0.15) is 0 Å². The van der Waals surface area contributed by atoms with Crippen LogP contribution in [0.25, 0.3) is 0 Å². The highest BCUT2D eigenvalue weighted by atomic mass is 16.2. The molecule has 0 radical (unpaired) electrons. The minimum Gasteiger partial charge on any atom is -0.288 e. The predicted octanol–water partition coefficient (Wildman–Crippen LogP) is 0.983. The van der Waals surface area contributed by atoms with Crippen molar-refractivity contribution < 1.29 is 4.79 Å². The lowest BCUT2D eigenvalue weighted by atomic mass is 10.2. The van der Waals surface area contributed by atoms with Crippen LogP contribution in [0.15, 0.2) is 12.2 Å². The first-order chi connectivity index (χ1) is 5.22. The van der Waals surface area contributed by atoms with Gasteiger partial charge in [0.2, 0.25) is 0 Å². The fourth-order valence-electron chi connectivity index (χ4n) is 0.672. The van der Waals surface area contributed by atoms with E-state index in [1.54, 1.807) is 0 Å². The van der Waals surface area contributed by atoms with E-state index in [0.29, 0.717) is 5.57 Å². The summed E-state index contributed by atoms with van der Waals surface area (Å²) < 4.78 is 0. The van der Waals surface area contributed by atoms with E-state index in [0.717, 1.165) is 19.4 Å². The number of hydrazine groups is 1. The lowest BCUT2D eigenvalue weighted by molar-refractivity contribution is -0.118. The number of hydrogen-bond donors (Lipinski definition) is 2. The van der Waals surface area contributed by atoms with Gasteiger partial charge in [0.25, 0.3) is 5.91 Å². The second-order valence-corrected chi connectivity index (χ2v) is 2.34.